The summed E-state index contributed by atoms with van der Waals surface area (Å²) in [5.41, 5.74) is -4.81. The number of esters is 1. The van der Waals surface area contributed by atoms with E-state index in [9.17, 15) is 50.3 Å². The maximum atomic E-state index is 13.6. The van der Waals surface area contributed by atoms with E-state index < -0.39 is 76.1 Å². The minimum absolute atomic E-state index is 0.0196. The topological polar surface area (TPSA) is 159 Å². The zero-order valence-corrected chi connectivity index (χ0v) is 39.3. The summed E-state index contributed by atoms with van der Waals surface area (Å²) in [6.07, 6.45) is -7.42. The first-order valence-corrected chi connectivity index (χ1v) is 22.9. The van der Waals surface area contributed by atoms with Gasteiger partial charge in [-0.2, -0.15) is 31.3 Å². The minimum Gasteiger partial charge on any atom is -0.462 e. The fourth-order valence-corrected chi connectivity index (χ4v) is 7.72. The van der Waals surface area contributed by atoms with Crippen molar-refractivity contribution in [2.45, 2.75) is 141 Å². The molecule has 0 bridgehead atoms. The van der Waals surface area contributed by atoms with Gasteiger partial charge < -0.3 is 34.1 Å². The Bertz CT molecular complexity index is 2190. The monoisotopic (exact) mass is 971 g/mol. The third-order valence-corrected chi connectivity index (χ3v) is 10.9. The SMILES string of the molecule is CC(C)(C)OC(=O)N(CCCCCC(=O)Nc1ccn(C2CSC(COC(=O)CCCCCN(Cc3ccccc3C(F)(F)F)C(=O)OC(C)(C)C)O2)c(=O)n1)Cc1ccccc1C(F)(F)F. The molecular formula is C46H59F6N5O9S. The molecule has 2 atom stereocenters. The number of rotatable bonds is 20. The van der Waals surface area contributed by atoms with Gasteiger partial charge in [-0.25, -0.2) is 14.4 Å². The summed E-state index contributed by atoms with van der Waals surface area (Å²) in [5, 5.41) is 2.58. The van der Waals surface area contributed by atoms with Crippen molar-refractivity contribution in [3.63, 3.8) is 0 Å². The van der Waals surface area contributed by atoms with Crippen LogP contribution in [-0.2, 0) is 54.0 Å². The van der Waals surface area contributed by atoms with Gasteiger partial charge in [-0.05, 0) is 96.6 Å². The van der Waals surface area contributed by atoms with Crippen LogP contribution in [0.3, 0.4) is 0 Å². The zero-order chi connectivity index (χ0) is 49.6. The van der Waals surface area contributed by atoms with Gasteiger partial charge in [0.15, 0.2) is 0 Å². The molecule has 2 heterocycles. The average Bonchev–Trinajstić information content (AvgIpc) is 3.69. The summed E-state index contributed by atoms with van der Waals surface area (Å²) in [6.45, 7) is 9.44. The van der Waals surface area contributed by atoms with Crippen molar-refractivity contribution in [1.29, 1.82) is 0 Å². The number of carbonyl (C=O) groups is 4. The third-order valence-electron chi connectivity index (χ3n) is 9.83. The molecule has 1 N–H and O–H groups in total. The maximum Gasteiger partial charge on any atom is 0.416 e. The van der Waals surface area contributed by atoms with Gasteiger partial charge >= 0.3 is 36.2 Å². The molecule has 2 aromatic carbocycles. The molecule has 2 unspecified atom stereocenters. The number of hydrogen-bond donors (Lipinski definition) is 1. The Labute approximate surface area is 390 Å². The van der Waals surface area contributed by atoms with Crippen LogP contribution in [0.2, 0.25) is 0 Å². The number of aromatic nitrogens is 2. The fourth-order valence-electron chi connectivity index (χ4n) is 6.73. The summed E-state index contributed by atoms with van der Waals surface area (Å²) < 4.78 is 105. The maximum absolute atomic E-state index is 13.6. The lowest BCUT2D eigenvalue weighted by Gasteiger charge is -2.28. The smallest absolute Gasteiger partial charge is 0.416 e. The van der Waals surface area contributed by atoms with E-state index in [1.807, 2.05) is 0 Å². The second-order valence-corrected chi connectivity index (χ2v) is 19.0. The van der Waals surface area contributed by atoms with Crippen molar-refractivity contribution in [1.82, 2.24) is 19.4 Å². The fraction of sp³-hybridized carbons (Fsp3) is 0.565. The molecule has 1 saturated heterocycles. The predicted octanol–water partition coefficient (Wildman–Crippen LogP) is 10.3. The van der Waals surface area contributed by atoms with E-state index in [1.165, 1.54) is 74.8 Å². The van der Waals surface area contributed by atoms with Crippen LogP contribution in [0.4, 0.5) is 41.7 Å². The number of hydrogen-bond acceptors (Lipinski definition) is 11. The molecule has 0 spiro atoms. The number of amides is 3. The van der Waals surface area contributed by atoms with Crippen LogP contribution in [0, 0.1) is 0 Å². The molecule has 370 valence electrons. The van der Waals surface area contributed by atoms with Crippen LogP contribution in [0.1, 0.15) is 121 Å². The van der Waals surface area contributed by atoms with Gasteiger partial charge in [0.25, 0.3) is 0 Å². The van der Waals surface area contributed by atoms with E-state index in [2.05, 4.69) is 10.3 Å². The Hall–Kier alpha value is -5.31. The molecule has 67 heavy (non-hydrogen) atoms. The van der Waals surface area contributed by atoms with E-state index >= 15 is 0 Å². The highest BCUT2D eigenvalue weighted by Crippen LogP contribution is 2.35. The number of benzene rings is 2. The molecule has 21 heteroatoms. The Morgan fingerprint density at radius 2 is 1.22 bits per heavy atom. The van der Waals surface area contributed by atoms with Crippen LogP contribution in [0.25, 0.3) is 0 Å². The van der Waals surface area contributed by atoms with Crippen molar-refractivity contribution >= 4 is 41.6 Å². The molecule has 1 aliphatic heterocycles. The number of carbonyl (C=O) groups excluding carboxylic acids is 4. The van der Waals surface area contributed by atoms with E-state index in [-0.39, 0.29) is 62.6 Å². The highest BCUT2D eigenvalue weighted by Gasteiger charge is 2.36. The number of nitrogens with one attached hydrogen (secondary N) is 1. The average molecular weight is 972 g/mol. The molecule has 14 nitrogen and oxygen atoms in total. The lowest BCUT2D eigenvalue weighted by atomic mass is 10.1. The molecule has 4 rings (SSSR count). The largest absolute Gasteiger partial charge is 0.462 e. The van der Waals surface area contributed by atoms with Gasteiger partial charge in [-0.3, -0.25) is 14.2 Å². The van der Waals surface area contributed by atoms with Crippen LogP contribution in [-0.4, -0.2) is 85.5 Å². The number of unbranched alkanes of at least 4 members (excludes halogenated alkanes) is 4. The van der Waals surface area contributed by atoms with Gasteiger partial charge in [0, 0.05) is 51.0 Å². The highest BCUT2D eigenvalue weighted by molar-refractivity contribution is 8.00. The Kier molecular flexibility index (Phi) is 19.5. The first-order chi connectivity index (χ1) is 31.3. The number of alkyl halides is 6. The Morgan fingerprint density at radius 3 is 1.70 bits per heavy atom. The molecule has 1 aromatic heterocycles. The van der Waals surface area contributed by atoms with E-state index in [1.54, 1.807) is 41.5 Å². The standard InChI is InChI=1S/C46H59F6N5O9S/c1-43(2,3)65-41(61)55(27-31-17-11-13-19-33(31)45(47,48)49)24-15-7-9-21-36(58)53-35-23-26-57(40(60)54-35)37-30-67-39(64-37)29-63-38(59)22-10-8-16-25-56(42(62)66-44(4,5)6)28-32-18-12-14-20-34(32)46(50,51)52/h11-14,17-20,23,26,37,39H,7-10,15-16,21-22,24-25,27-30H2,1-6H3,(H,53,54,58,60). The van der Waals surface area contributed by atoms with Gasteiger partial charge in [-0.1, -0.05) is 49.2 Å². The number of thioether (sulfide) groups is 1. The summed E-state index contributed by atoms with van der Waals surface area (Å²) in [5.74, 6) is -0.553. The number of anilines is 1. The lowest BCUT2D eigenvalue weighted by Crippen LogP contribution is -2.37. The van der Waals surface area contributed by atoms with Gasteiger partial charge in [0.2, 0.25) is 5.91 Å². The predicted molar refractivity (Wildman–Crippen MR) is 238 cm³/mol. The van der Waals surface area contributed by atoms with Crippen molar-refractivity contribution in [2.24, 2.45) is 0 Å². The van der Waals surface area contributed by atoms with Crippen LogP contribution in [0.5, 0.6) is 0 Å². The Morgan fingerprint density at radius 1 is 0.731 bits per heavy atom. The van der Waals surface area contributed by atoms with E-state index in [0.717, 1.165) is 12.1 Å². The second-order valence-electron chi connectivity index (χ2n) is 17.8. The lowest BCUT2D eigenvalue weighted by molar-refractivity contribution is -0.147. The molecule has 0 saturated carbocycles. The van der Waals surface area contributed by atoms with Crippen molar-refractivity contribution in [2.75, 3.05) is 30.8 Å². The molecule has 3 aromatic rings. The normalized spacial score (nSPS) is 15.5. The van der Waals surface area contributed by atoms with Gasteiger partial charge in [-0.15, -0.1) is 11.8 Å². The molecular weight excluding hydrogens is 913 g/mol. The molecule has 1 fully saturated rings. The molecule has 1 aliphatic rings. The van der Waals surface area contributed by atoms with Crippen LogP contribution < -0.4 is 11.0 Å². The molecule has 3 amide bonds. The van der Waals surface area contributed by atoms with E-state index in [0.29, 0.717) is 44.3 Å². The number of nitrogens with zero attached hydrogens (tertiary/aromatic N) is 4. The first-order valence-electron chi connectivity index (χ1n) is 21.9. The first kappa shape index (κ1) is 54.3. The highest BCUT2D eigenvalue weighted by atomic mass is 32.2. The van der Waals surface area contributed by atoms with Crippen LogP contribution >= 0.6 is 11.8 Å². The third kappa shape index (κ3) is 18.7. The molecule has 0 aliphatic carbocycles. The summed E-state index contributed by atoms with van der Waals surface area (Å²) in [4.78, 5) is 70.4. The minimum atomic E-state index is -4.60. The Balaban J connectivity index is 1.17. The van der Waals surface area contributed by atoms with Crippen LogP contribution in [0.15, 0.2) is 65.6 Å². The van der Waals surface area contributed by atoms with Gasteiger partial charge in [0.1, 0.15) is 35.3 Å². The molecule has 0 radical (unpaired) electrons. The van der Waals surface area contributed by atoms with E-state index in [4.69, 9.17) is 18.9 Å². The summed E-state index contributed by atoms with van der Waals surface area (Å²) in [7, 11) is 0. The summed E-state index contributed by atoms with van der Waals surface area (Å²) in [6, 6.07) is 11.5. The van der Waals surface area contributed by atoms with Gasteiger partial charge in [0.05, 0.1) is 11.1 Å². The van der Waals surface area contributed by atoms with Crippen molar-refractivity contribution < 1.29 is 64.5 Å². The summed E-state index contributed by atoms with van der Waals surface area (Å²) >= 11 is 1.33. The quantitative estimate of drug-likeness (QED) is 0.0497. The number of ether oxygens (including phenoxy) is 4. The number of halogens is 6. The zero-order valence-electron chi connectivity index (χ0n) is 38.5. The van der Waals surface area contributed by atoms with Crippen molar-refractivity contribution in [3.05, 3.63) is 93.5 Å². The second kappa shape index (κ2) is 24.1. The van der Waals surface area contributed by atoms with Crippen molar-refractivity contribution in [3.8, 4) is 0 Å².